The zero-order chi connectivity index (χ0) is 12.4. The molecule has 0 saturated heterocycles. The van der Waals surface area contributed by atoms with Gasteiger partial charge in [-0.05, 0) is 30.7 Å². The minimum Gasteiger partial charge on any atom is -0.478 e. The number of aryl methyl sites for hydroxylation is 1. The third-order valence-electron chi connectivity index (χ3n) is 2.48. The molecule has 86 valence electrons. The lowest BCUT2D eigenvalue weighted by Crippen LogP contribution is -2.01. The van der Waals surface area contributed by atoms with Crippen molar-refractivity contribution in [3.8, 4) is 11.3 Å². The Balaban J connectivity index is 2.60. The molecular formula is C13H10ClNO2. The van der Waals surface area contributed by atoms with Crippen LogP contribution in [0.2, 0.25) is 5.02 Å². The first-order valence-corrected chi connectivity index (χ1v) is 5.42. The van der Waals surface area contributed by atoms with Crippen molar-refractivity contribution in [2.75, 3.05) is 0 Å². The summed E-state index contributed by atoms with van der Waals surface area (Å²) in [7, 11) is 0. The van der Waals surface area contributed by atoms with Gasteiger partial charge < -0.3 is 5.11 Å². The van der Waals surface area contributed by atoms with Crippen molar-refractivity contribution in [3.05, 3.63) is 52.7 Å². The summed E-state index contributed by atoms with van der Waals surface area (Å²) in [6.07, 6.45) is 1.57. The first-order chi connectivity index (χ1) is 8.09. The summed E-state index contributed by atoms with van der Waals surface area (Å²) in [5.74, 6) is -0.996. The van der Waals surface area contributed by atoms with Crippen LogP contribution in [0.3, 0.4) is 0 Å². The molecule has 2 rings (SSSR count). The van der Waals surface area contributed by atoms with Gasteiger partial charge in [-0.15, -0.1) is 0 Å². The minimum absolute atomic E-state index is 0.174. The van der Waals surface area contributed by atoms with E-state index in [1.807, 2.05) is 19.1 Å². The summed E-state index contributed by atoms with van der Waals surface area (Å²) in [6.45, 7) is 1.89. The van der Waals surface area contributed by atoms with Gasteiger partial charge in [-0.3, -0.25) is 4.98 Å². The zero-order valence-electron chi connectivity index (χ0n) is 9.14. The van der Waals surface area contributed by atoms with Crippen LogP contribution in [0.4, 0.5) is 0 Å². The normalized spacial score (nSPS) is 10.2. The molecule has 0 aliphatic rings. The van der Waals surface area contributed by atoms with Gasteiger partial charge in [0.05, 0.1) is 11.3 Å². The van der Waals surface area contributed by atoms with Crippen molar-refractivity contribution in [2.45, 2.75) is 6.92 Å². The maximum Gasteiger partial charge on any atom is 0.337 e. The molecule has 0 atom stereocenters. The Kier molecular flexibility index (Phi) is 3.11. The number of nitrogens with zero attached hydrogens (tertiary/aromatic N) is 1. The molecule has 1 aromatic carbocycles. The van der Waals surface area contributed by atoms with Gasteiger partial charge in [0.2, 0.25) is 0 Å². The van der Waals surface area contributed by atoms with E-state index >= 15 is 0 Å². The topological polar surface area (TPSA) is 50.2 Å². The van der Waals surface area contributed by atoms with E-state index in [4.69, 9.17) is 16.7 Å². The van der Waals surface area contributed by atoms with E-state index in [1.165, 1.54) is 6.07 Å². The van der Waals surface area contributed by atoms with Gasteiger partial charge in [-0.25, -0.2) is 4.79 Å². The van der Waals surface area contributed by atoms with Crippen molar-refractivity contribution in [1.82, 2.24) is 4.98 Å². The van der Waals surface area contributed by atoms with Crippen LogP contribution in [0.15, 0.2) is 36.5 Å². The maximum absolute atomic E-state index is 11.1. The van der Waals surface area contributed by atoms with Gasteiger partial charge >= 0.3 is 5.97 Å². The van der Waals surface area contributed by atoms with E-state index in [0.29, 0.717) is 16.3 Å². The largest absolute Gasteiger partial charge is 0.478 e. The smallest absolute Gasteiger partial charge is 0.337 e. The highest BCUT2D eigenvalue weighted by Crippen LogP contribution is 2.26. The van der Waals surface area contributed by atoms with Crippen molar-refractivity contribution >= 4 is 17.6 Å². The number of rotatable bonds is 2. The van der Waals surface area contributed by atoms with Gasteiger partial charge in [0, 0.05) is 16.8 Å². The lowest BCUT2D eigenvalue weighted by molar-refractivity contribution is 0.0697. The lowest BCUT2D eigenvalue weighted by atomic mass is 10.0. The Bertz CT molecular complexity index is 581. The number of carboxylic acid groups (broad SMARTS) is 1. The summed E-state index contributed by atoms with van der Waals surface area (Å²) in [5.41, 5.74) is 2.26. The van der Waals surface area contributed by atoms with Crippen LogP contribution in [0.1, 0.15) is 15.9 Å². The van der Waals surface area contributed by atoms with Gasteiger partial charge in [0.25, 0.3) is 0 Å². The highest BCUT2D eigenvalue weighted by molar-refractivity contribution is 6.31. The van der Waals surface area contributed by atoms with E-state index in [1.54, 1.807) is 18.3 Å². The third kappa shape index (κ3) is 2.29. The van der Waals surface area contributed by atoms with Gasteiger partial charge in [-0.2, -0.15) is 0 Å². The first kappa shape index (κ1) is 11.6. The van der Waals surface area contributed by atoms with Crippen molar-refractivity contribution in [2.24, 2.45) is 0 Å². The molecule has 1 heterocycles. The fourth-order valence-corrected chi connectivity index (χ4v) is 1.73. The van der Waals surface area contributed by atoms with Crippen LogP contribution in [-0.4, -0.2) is 16.1 Å². The zero-order valence-corrected chi connectivity index (χ0v) is 9.90. The van der Waals surface area contributed by atoms with Crippen LogP contribution >= 0.6 is 11.6 Å². The first-order valence-electron chi connectivity index (χ1n) is 5.04. The van der Waals surface area contributed by atoms with Crippen molar-refractivity contribution in [1.29, 1.82) is 0 Å². The van der Waals surface area contributed by atoms with E-state index < -0.39 is 5.97 Å². The molecule has 0 saturated carbocycles. The number of carbonyl (C=O) groups is 1. The minimum atomic E-state index is -0.996. The summed E-state index contributed by atoms with van der Waals surface area (Å²) >= 11 is 6.02. The Morgan fingerprint density at radius 1 is 1.35 bits per heavy atom. The monoisotopic (exact) mass is 247 g/mol. The SMILES string of the molecule is Cc1ccc(-c2ncccc2C(=O)O)cc1Cl. The number of carboxylic acids is 1. The molecule has 4 heteroatoms. The predicted octanol–water partition coefficient (Wildman–Crippen LogP) is 3.41. The molecule has 0 spiro atoms. The predicted molar refractivity (Wildman–Crippen MR) is 66.4 cm³/mol. The highest BCUT2D eigenvalue weighted by atomic mass is 35.5. The standard InChI is InChI=1S/C13H10ClNO2/c1-8-4-5-9(7-11(8)14)12-10(13(16)17)3-2-6-15-12/h2-7H,1H3,(H,16,17). The van der Waals surface area contributed by atoms with Crippen LogP contribution in [0.5, 0.6) is 0 Å². The van der Waals surface area contributed by atoms with Crippen LogP contribution in [0.25, 0.3) is 11.3 Å². The average molecular weight is 248 g/mol. The Morgan fingerprint density at radius 3 is 2.76 bits per heavy atom. The lowest BCUT2D eigenvalue weighted by Gasteiger charge is -2.06. The Morgan fingerprint density at radius 2 is 2.12 bits per heavy atom. The molecule has 2 aromatic rings. The second-order valence-corrected chi connectivity index (χ2v) is 4.08. The quantitative estimate of drug-likeness (QED) is 0.885. The highest BCUT2D eigenvalue weighted by Gasteiger charge is 2.12. The van der Waals surface area contributed by atoms with Gasteiger partial charge in [0.15, 0.2) is 0 Å². The molecule has 0 aliphatic carbocycles. The number of aromatic carboxylic acids is 1. The van der Waals surface area contributed by atoms with Gasteiger partial charge in [-0.1, -0.05) is 23.7 Å². The van der Waals surface area contributed by atoms with E-state index in [-0.39, 0.29) is 5.56 Å². The van der Waals surface area contributed by atoms with Gasteiger partial charge in [0.1, 0.15) is 0 Å². The molecule has 17 heavy (non-hydrogen) atoms. The molecule has 1 N–H and O–H groups in total. The molecule has 0 amide bonds. The summed E-state index contributed by atoms with van der Waals surface area (Å²) in [5, 5.41) is 9.68. The van der Waals surface area contributed by atoms with Crippen LogP contribution in [-0.2, 0) is 0 Å². The number of pyridine rings is 1. The summed E-state index contributed by atoms with van der Waals surface area (Å²) < 4.78 is 0. The molecule has 3 nitrogen and oxygen atoms in total. The molecular weight excluding hydrogens is 238 g/mol. The second kappa shape index (κ2) is 4.55. The number of aromatic nitrogens is 1. The number of benzene rings is 1. The molecule has 0 bridgehead atoms. The summed E-state index contributed by atoms with van der Waals surface area (Å²) in [6, 6.07) is 8.51. The second-order valence-electron chi connectivity index (χ2n) is 3.67. The maximum atomic E-state index is 11.1. The van der Waals surface area contributed by atoms with Crippen molar-refractivity contribution < 1.29 is 9.90 Å². The van der Waals surface area contributed by atoms with Crippen molar-refractivity contribution in [3.63, 3.8) is 0 Å². The number of hydrogen-bond acceptors (Lipinski definition) is 2. The third-order valence-corrected chi connectivity index (χ3v) is 2.89. The van der Waals surface area contributed by atoms with E-state index in [0.717, 1.165) is 5.56 Å². The fourth-order valence-electron chi connectivity index (χ4n) is 1.55. The average Bonchev–Trinajstić information content (AvgIpc) is 2.32. The molecule has 0 fully saturated rings. The molecule has 0 aliphatic heterocycles. The molecule has 0 unspecified atom stereocenters. The van der Waals surface area contributed by atoms with E-state index in [9.17, 15) is 4.79 Å². The van der Waals surface area contributed by atoms with Crippen LogP contribution in [0, 0.1) is 6.92 Å². The number of halogens is 1. The van der Waals surface area contributed by atoms with E-state index in [2.05, 4.69) is 4.98 Å². The molecule has 0 radical (unpaired) electrons. The molecule has 1 aromatic heterocycles. The summed E-state index contributed by atoms with van der Waals surface area (Å²) in [4.78, 5) is 15.2. The Hall–Kier alpha value is -1.87. The number of hydrogen-bond donors (Lipinski definition) is 1. The van der Waals surface area contributed by atoms with Crippen LogP contribution < -0.4 is 0 Å². The Labute approximate surface area is 104 Å². The fraction of sp³-hybridized carbons (Fsp3) is 0.0769.